The summed E-state index contributed by atoms with van der Waals surface area (Å²) in [6, 6.07) is 0. The smallest absolute Gasteiger partial charge is 0.390 e. The Labute approximate surface area is 122 Å². The first kappa shape index (κ1) is 17.2. The highest BCUT2D eigenvalue weighted by molar-refractivity contribution is 5.22. The second-order valence-electron chi connectivity index (χ2n) is 3.96. The fourth-order valence-electron chi connectivity index (χ4n) is 1.48. The van der Waals surface area contributed by atoms with Crippen molar-refractivity contribution in [1.29, 1.82) is 0 Å². The maximum atomic E-state index is 10.6. The number of imidazole rings is 1. The van der Waals surface area contributed by atoms with Crippen molar-refractivity contribution in [3.63, 3.8) is 0 Å². The van der Waals surface area contributed by atoms with Gasteiger partial charge in [0.15, 0.2) is 0 Å². The maximum absolute atomic E-state index is 10.6. The molecular formula is C12H20N4O5. The van der Waals surface area contributed by atoms with E-state index in [4.69, 9.17) is 14.2 Å². The third kappa shape index (κ3) is 7.49. The average Bonchev–Trinajstić information content (AvgIpc) is 2.93. The van der Waals surface area contributed by atoms with Crippen LogP contribution in [-0.2, 0) is 20.8 Å². The summed E-state index contributed by atoms with van der Waals surface area (Å²) in [6.45, 7) is 7.12. The second kappa shape index (κ2) is 10.9. The molecule has 1 heterocycles. The van der Waals surface area contributed by atoms with Crippen LogP contribution in [0.3, 0.4) is 0 Å². The van der Waals surface area contributed by atoms with Gasteiger partial charge in [0, 0.05) is 0 Å². The van der Waals surface area contributed by atoms with Gasteiger partial charge in [-0.05, 0) is 11.6 Å². The van der Waals surface area contributed by atoms with Crippen molar-refractivity contribution in [2.75, 3.05) is 46.2 Å². The minimum atomic E-state index is -0.523. The summed E-state index contributed by atoms with van der Waals surface area (Å²) >= 11 is 0. The fourth-order valence-corrected chi connectivity index (χ4v) is 1.48. The van der Waals surface area contributed by atoms with Crippen LogP contribution < -0.4 is 0 Å². The van der Waals surface area contributed by atoms with Crippen LogP contribution in [0.15, 0.2) is 17.4 Å². The van der Waals surface area contributed by atoms with Crippen LogP contribution in [-0.4, -0.2) is 67.4 Å². The van der Waals surface area contributed by atoms with Crippen LogP contribution in [0.5, 0.6) is 0 Å². The highest BCUT2D eigenvalue weighted by atomic mass is 16.6. The zero-order valence-electron chi connectivity index (χ0n) is 11.8. The van der Waals surface area contributed by atoms with Crippen molar-refractivity contribution in [3.05, 3.63) is 22.5 Å². The SMILES string of the molecule is C=NCCOCCOCCOCCn1ccnc1[N+](=O)[O-]. The number of rotatable bonds is 13. The Kier molecular flexibility index (Phi) is 8.93. The number of nitrogens with zero attached hydrogens (tertiary/aromatic N) is 4. The van der Waals surface area contributed by atoms with Crippen LogP contribution in [0.4, 0.5) is 5.95 Å². The van der Waals surface area contributed by atoms with Crippen LogP contribution in [0.2, 0.25) is 0 Å². The molecule has 0 N–H and O–H groups in total. The predicted octanol–water partition coefficient (Wildman–Crippen LogP) is 0.542. The lowest BCUT2D eigenvalue weighted by molar-refractivity contribution is -0.396. The van der Waals surface area contributed by atoms with Crippen molar-refractivity contribution in [3.8, 4) is 0 Å². The molecule has 118 valence electrons. The first-order valence-corrected chi connectivity index (χ1v) is 6.57. The molecule has 0 aliphatic heterocycles. The van der Waals surface area contributed by atoms with Gasteiger partial charge >= 0.3 is 5.95 Å². The average molecular weight is 300 g/mol. The lowest BCUT2D eigenvalue weighted by Crippen LogP contribution is -2.13. The first-order chi connectivity index (χ1) is 10.3. The molecule has 1 aromatic rings. The van der Waals surface area contributed by atoms with E-state index in [-0.39, 0.29) is 5.95 Å². The molecule has 9 heteroatoms. The van der Waals surface area contributed by atoms with Gasteiger partial charge in [0.2, 0.25) is 0 Å². The summed E-state index contributed by atoms with van der Waals surface area (Å²) in [5.41, 5.74) is 0. The Morgan fingerprint density at radius 3 is 2.43 bits per heavy atom. The minimum absolute atomic E-state index is 0.180. The third-order valence-electron chi connectivity index (χ3n) is 2.47. The van der Waals surface area contributed by atoms with Crippen molar-refractivity contribution < 1.29 is 19.1 Å². The molecular weight excluding hydrogens is 280 g/mol. The monoisotopic (exact) mass is 300 g/mol. The molecule has 0 saturated carbocycles. The Morgan fingerprint density at radius 1 is 1.19 bits per heavy atom. The van der Waals surface area contributed by atoms with E-state index in [1.54, 1.807) is 6.20 Å². The van der Waals surface area contributed by atoms with Gasteiger partial charge in [0.1, 0.15) is 12.4 Å². The van der Waals surface area contributed by atoms with Crippen molar-refractivity contribution >= 4 is 12.7 Å². The minimum Gasteiger partial charge on any atom is -0.390 e. The first-order valence-electron chi connectivity index (χ1n) is 6.57. The van der Waals surface area contributed by atoms with E-state index in [2.05, 4.69) is 16.7 Å². The summed E-state index contributed by atoms with van der Waals surface area (Å²) in [7, 11) is 0. The molecule has 1 aromatic heterocycles. The van der Waals surface area contributed by atoms with Gasteiger partial charge in [-0.1, -0.05) is 4.98 Å². The maximum Gasteiger partial charge on any atom is 0.434 e. The molecule has 0 fully saturated rings. The Hall–Kier alpha value is -1.84. The van der Waals surface area contributed by atoms with E-state index in [9.17, 15) is 10.1 Å². The fraction of sp³-hybridized carbons (Fsp3) is 0.667. The molecule has 0 aliphatic rings. The van der Waals surface area contributed by atoms with E-state index >= 15 is 0 Å². The number of ether oxygens (including phenoxy) is 3. The van der Waals surface area contributed by atoms with Crippen LogP contribution >= 0.6 is 0 Å². The largest absolute Gasteiger partial charge is 0.434 e. The Morgan fingerprint density at radius 2 is 1.81 bits per heavy atom. The van der Waals surface area contributed by atoms with E-state index in [1.807, 2.05) is 0 Å². The van der Waals surface area contributed by atoms with Crippen LogP contribution in [0.1, 0.15) is 0 Å². The molecule has 0 bridgehead atoms. The summed E-state index contributed by atoms with van der Waals surface area (Å²) in [5.74, 6) is -0.180. The highest BCUT2D eigenvalue weighted by Gasteiger charge is 2.12. The van der Waals surface area contributed by atoms with E-state index in [0.29, 0.717) is 52.7 Å². The van der Waals surface area contributed by atoms with Crippen molar-refractivity contribution in [1.82, 2.24) is 9.55 Å². The molecule has 21 heavy (non-hydrogen) atoms. The molecule has 0 unspecified atom stereocenters. The number of nitro groups is 1. The molecule has 0 radical (unpaired) electrons. The second-order valence-corrected chi connectivity index (χ2v) is 3.96. The molecule has 0 saturated heterocycles. The van der Waals surface area contributed by atoms with Crippen LogP contribution in [0.25, 0.3) is 0 Å². The number of aromatic nitrogens is 2. The zero-order valence-corrected chi connectivity index (χ0v) is 11.8. The van der Waals surface area contributed by atoms with Gasteiger partial charge in [-0.15, -0.1) is 0 Å². The molecule has 0 aromatic carbocycles. The van der Waals surface area contributed by atoms with Gasteiger partial charge in [0.25, 0.3) is 0 Å². The number of hydrogen-bond acceptors (Lipinski definition) is 7. The summed E-state index contributed by atoms with van der Waals surface area (Å²) in [5, 5.41) is 10.6. The Bertz CT molecular complexity index is 424. The zero-order chi connectivity index (χ0) is 15.3. The molecule has 0 amide bonds. The van der Waals surface area contributed by atoms with Gasteiger partial charge in [-0.25, -0.2) is 4.57 Å². The predicted molar refractivity (Wildman–Crippen MR) is 75.8 cm³/mol. The number of hydrogen-bond donors (Lipinski definition) is 0. The molecule has 0 atom stereocenters. The molecule has 9 nitrogen and oxygen atoms in total. The lowest BCUT2D eigenvalue weighted by atomic mass is 10.6. The van der Waals surface area contributed by atoms with E-state index in [1.165, 1.54) is 10.8 Å². The summed E-state index contributed by atoms with van der Waals surface area (Å²) < 4.78 is 17.3. The van der Waals surface area contributed by atoms with Crippen LogP contribution in [0, 0.1) is 10.1 Å². The lowest BCUT2D eigenvalue weighted by Gasteiger charge is -2.06. The van der Waals surface area contributed by atoms with Gasteiger partial charge in [0.05, 0.1) is 52.7 Å². The van der Waals surface area contributed by atoms with E-state index < -0.39 is 4.92 Å². The standard InChI is InChI=1S/C12H20N4O5/c1-13-3-6-19-8-10-21-11-9-20-7-5-15-4-2-14-12(15)16(17)18/h2,4H,1,3,5-11H2. The van der Waals surface area contributed by atoms with Crippen molar-refractivity contribution in [2.45, 2.75) is 6.54 Å². The quantitative estimate of drug-likeness (QED) is 0.228. The van der Waals surface area contributed by atoms with Gasteiger partial charge < -0.3 is 24.3 Å². The molecule has 0 spiro atoms. The number of aliphatic imine (C=N–C) groups is 1. The van der Waals surface area contributed by atoms with Gasteiger partial charge in [-0.2, -0.15) is 0 Å². The van der Waals surface area contributed by atoms with Gasteiger partial charge in [-0.3, -0.25) is 4.99 Å². The van der Waals surface area contributed by atoms with E-state index in [0.717, 1.165) is 0 Å². The topological polar surface area (TPSA) is 101 Å². The summed E-state index contributed by atoms with van der Waals surface area (Å²) in [6.07, 6.45) is 2.94. The third-order valence-corrected chi connectivity index (χ3v) is 2.47. The summed E-state index contributed by atoms with van der Waals surface area (Å²) in [4.78, 5) is 17.4. The molecule has 1 rings (SSSR count). The Balaban J connectivity index is 1.94. The molecule has 0 aliphatic carbocycles. The highest BCUT2D eigenvalue weighted by Crippen LogP contribution is 2.06. The van der Waals surface area contributed by atoms with Crippen molar-refractivity contribution in [2.24, 2.45) is 4.99 Å². The normalized spacial score (nSPS) is 10.7.